The molecule has 5 heteroatoms. The molecule has 0 fully saturated rings. The van der Waals surface area contributed by atoms with Crippen LogP contribution in [0.25, 0.3) is 0 Å². The first kappa shape index (κ1) is 11.3. The van der Waals surface area contributed by atoms with E-state index in [1.165, 1.54) is 18.2 Å². The molecule has 3 N–H and O–H groups in total. The lowest BCUT2D eigenvalue weighted by atomic mass is 10.1. The summed E-state index contributed by atoms with van der Waals surface area (Å²) in [5.74, 6) is 3.79. The highest BCUT2D eigenvalue weighted by Gasteiger charge is 2.17. The smallest absolute Gasteiger partial charge is 0.132 e. The van der Waals surface area contributed by atoms with Crippen molar-refractivity contribution >= 4 is 15.9 Å². The van der Waals surface area contributed by atoms with E-state index in [1.807, 2.05) is 0 Å². The van der Waals surface area contributed by atoms with E-state index >= 15 is 0 Å². The highest BCUT2D eigenvalue weighted by Crippen LogP contribution is 2.24. The minimum absolute atomic E-state index is 0.134. The van der Waals surface area contributed by atoms with Gasteiger partial charge in [-0.2, -0.15) is 0 Å². The highest BCUT2D eigenvalue weighted by atomic mass is 79.9. The van der Waals surface area contributed by atoms with Gasteiger partial charge in [-0.3, -0.25) is 5.84 Å². The van der Waals surface area contributed by atoms with Crippen molar-refractivity contribution in [1.82, 2.24) is 5.43 Å². The summed E-state index contributed by atoms with van der Waals surface area (Å²) in [6, 6.07) is 1.61. The van der Waals surface area contributed by atoms with E-state index in [0.717, 1.165) is 0 Å². The van der Waals surface area contributed by atoms with Crippen molar-refractivity contribution in [1.29, 1.82) is 0 Å². The van der Waals surface area contributed by atoms with E-state index < -0.39 is 17.7 Å². The number of nitrogens with two attached hydrogens (primary N) is 1. The van der Waals surface area contributed by atoms with E-state index in [4.69, 9.17) is 5.84 Å². The average molecular weight is 263 g/mol. The molecule has 0 radical (unpaired) electrons. The van der Waals surface area contributed by atoms with Crippen LogP contribution in [0, 0.1) is 11.6 Å². The quantitative estimate of drug-likeness (QED) is 0.499. The normalized spacial score (nSPS) is 12.6. The number of hydrogen-bond donors (Lipinski definition) is 2. The molecule has 0 spiro atoms. The number of hydrogen-bond acceptors (Lipinski definition) is 2. The van der Waals surface area contributed by atoms with Gasteiger partial charge in [-0.25, -0.2) is 14.2 Å². The molecule has 0 heterocycles. The SMILES string of the molecule is C=CC(NN)c1c(F)cc(Br)cc1F. The molecule has 14 heavy (non-hydrogen) atoms. The Morgan fingerprint density at radius 1 is 1.43 bits per heavy atom. The highest BCUT2D eigenvalue weighted by molar-refractivity contribution is 9.10. The Balaban J connectivity index is 3.25. The van der Waals surface area contributed by atoms with Gasteiger partial charge >= 0.3 is 0 Å². The van der Waals surface area contributed by atoms with E-state index in [1.54, 1.807) is 0 Å². The Morgan fingerprint density at radius 3 is 2.29 bits per heavy atom. The summed E-state index contributed by atoms with van der Waals surface area (Å²) in [4.78, 5) is 0. The minimum Gasteiger partial charge on any atom is -0.271 e. The lowest BCUT2D eigenvalue weighted by Gasteiger charge is -2.13. The number of rotatable bonds is 3. The Bertz CT molecular complexity index is 332. The number of benzene rings is 1. The lowest BCUT2D eigenvalue weighted by molar-refractivity contribution is 0.516. The fourth-order valence-corrected chi connectivity index (χ4v) is 1.52. The van der Waals surface area contributed by atoms with Crippen molar-refractivity contribution in [3.05, 3.63) is 46.5 Å². The minimum atomic E-state index is -0.733. The maximum absolute atomic E-state index is 13.3. The van der Waals surface area contributed by atoms with Crippen LogP contribution in [0.3, 0.4) is 0 Å². The van der Waals surface area contributed by atoms with Crippen LogP contribution >= 0.6 is 15.9 Å². The van der Waals surface area contributed by atoms with Gasteiger partial charge in [0.1, 0.15) is 11.6 Å². The zero-order valence-corrected chi connectivity index (χ0v) is 8.81. The largest absolute Gasteiger partial charge is 0.271 e. The first-order valence-corrected chi connectivity index (χ1v) is 4.62. The standard InChI is InChI=1S/C9H9BrF2N2/c1-2-8(14-13)9-6(11)3-5(10)4-7(9)12/h2-4,8,14H,1,13H2. The topological polar surface area (TPSA) is 38.0 Å². The number of nitrogens with one attached hydrogen (secondary N) is 1. The van der Waals surface area contributed by atoms with Crippen LogP contribution in [0.1, 0.15) is 11.6 Å². The van der Waals surface area contributed by atoms with Crippen LogP contribution in [0.5, 0.6) is 0 Å². The average Bonchev–Trinajstić information content (AvgIpc) is 2.10. The summed E-state index contributed by atoms with van der Waals surface area (Å²) in [5.41, 5.74) is 2.12. The van der Waals surface area contributed by atoms with E-state index in [-0.39, 0.29) is 5.56 Å². The molecule has 0 saturated carbocycles. The summed E-state index contributed by atoms with van der Waals surface area (Å²) < 4.78 is 27.0. The van der Waals surface area contributed by atoms with Crippen LogP contribution in [0.4, 0.5) is 8.78 Å². The molecule has 0 amide bonds. The molecule has 0 aliphatic rings. The molecular weight excluding hydrogens is 254 g/mol. The monoisotopic (exact) mass is 262 g/mol. The van der Waals surface area contributed by atoms with Gasteiger partial charge < -0.3 is 0 Å². The van der Waals surface area contributed by atoms with Gasteiger partial charge in [0.05, 0.1) is 6.04 Å². The van der Waals surface area contributed by atoms with Gasteiger partial charge in [0.2, 0.25) is 0 Å². The molecular formula is C9H9BrF2N2. The van der Waals surface area contributed by atoms with Gasteiger partial charge in [-0.1, -0.05) is 22.0 Å². The molecule has 1 aromatic carbocycles. The van der Waals surface area contributed by atoms with E-state index in [0.29, 0.717) is 4.47 Å². The third-order valence-corrected chi connectivity index (χ3v) is 2.23. The second kappa shape index (κ2) is 4.63. The third-order valence-electron chi connectivity index (χ3n) is 1.77. The Hall–Kier alpha value is -0.780. The summed E-state index contributed by atoms with van der Waals surface area (Å²) in [5, 5.41) is 0. The summed E-state index contributed by atoms with van der Waals surface area (Å²) in [6.45, 7) is 3.43. The van der Waals surface area contributed by atoms with Crippen molar-refractivity contribution in [2.24, 2.45) is 5.84 Å². The molecule has 2 nitrogen and oxygen atoms in total. The van der Waals surface area contributed by atoms with Crippen molar-refractivity contribution in [3.63, 3.8) is 0 Å². The molecule has 1 unspecified atom stereocenters. The summed E-state index contributed by atoms with van der Waals surface area (Å²) >= 11 is 2.98. The molecule has 1 atom stereocenters. The fourth-order valence-electron chi connectivity index (χ4n) is 1.12. The Kier molecular flexibility index (Phi) is 3.74. The molecule has 0 aliphatic carbocycles. The van der Waals surface area contributed by atoms with Gasteiger partial charge in [-0.05, 0) is 12.1 Å². The van der Waals surface area contributed by atoms with Crippen LogP contribution in [-0.2, 0) is 0 Å². The van der Waals surface area contributed by atoms with Crippen molar-refractivity contribution in [2.75, 3.05) is 0 Å². The fraction of sp³-hybridized carbons (Fsp3) is 0.111. The van der Waals surface area contributed by atoms with Crippen LogP contribution < -0.4 is 11.3 Å². The lowest BCUT2D eigenvalue weighted by Crippen LogP contribution is -2.27. The van der Waals surface area contributed by atoms with Crippen LogP contribution in [0.2, 0.25) is 0 Å². The third kappa shape index (κ3) is 2.17. The van der Waals surface area contributed by atoms with Gasteiger partial charge in [-0.15, -0.1) is 6.58 Å². The Morgan fingerprint density at radius 2 is 1.93 bits per heavy atom. The molecule has 0 aromatic heterocycles. The molecule has 0 bridgehead atoms. The molecule has 76 valence electrons. The number of hydrazine groups is 1. The summed E-state index contributed by atoms with van der Waals surface area (Å²) in [7, 11) is 0. The van der Waals surface area contributed by atoms with E-state index in [9.17, 15) is 8.78 Å². The maximum Gasteiger partial charge on any atom is 0.132 e. The first-order valence-electron chi connectivity index (χ1n) is 3.83. The maximum atomic E-state index is 13.3. The van der Waals surface area contributed by atoms with Crippen LogP contribution in [0.15, 0.2) is 29.3 Å². The second-order valence-electron chi connectivity index (χ2n) is 2.66. The van der Waals surface area contributed by atoms with Crippen molar-refractivity contribution < 1.29 is 8.78 Å². The second-order valence-corrected chi connectivity index (χ2v) is 3.58. The number of halogens is 3. The molecule has 1 rings (SSSR count). The first-order chi connectivity index (χ1) is 6.60. The zero-order valence-electron chi connectivity index (χ0n) is 7.23. The summed E-state index contributed by atoms with van der Waals surface area (Å²) in [6.07, 6.45) is 1.33. The molecule has 1 aromatic rings. The molecule has 0 saturated heterocycles. The van der Waals surface area contributed by atoms with E-state index in [2.05, 4.69) is 27.9 Å². The zero-order chi connectivity index (χ0) is 10.7. The van der Waals surface area contributed by atoms with Crippen molar-refractivity contribution in [2.45, 2.75) is 6.04 Å². The van der Waals surface area contributed by atoms with Crippen LogP contribution in [-0.4, -0.2) is 0 Å². The Labute approximate surface area is 88.9 Å². The predicted octanol–water partition coefficient (Wildman–Crippen LogP) is 2.42. The molecule has 0 aliphatic heterocycles. The van der Waals surface area contributed by atoms with Crippen molar-refractivity contribution in [3.8, 4) is 0 Å². The van der Waals surface area contributed by atoms with Gasteiger partial charge in [0.25, 0.3) is 0 Å². The van der Waals surface area contributed by atoms with Gasteiger partial charge in [0, 0.05) is 10.0 Å². The van der Waals surface area contributed by atoms with Gasteiger partial charge in [0.15, 0.2) is 0 Å². The predicted molar refractivity (Wildman–Crippen MR) is 54.3 cm³/mol.